The van der Waals surface area contributed by atoms with Crippen molar-refractivity contribution in [1.82, 2.24) is 4.90 Å². The van der Waals surface area contributed by atoms with Crippen LogP contribution in [-0.4, -0.2) is 31.6 Å². The standard InChI is InChI=1S/C18H16F5NO3/c1-24(10-11-6-8-12(9-7-11)18(21,22)23)16(25)13-4-3-5-14(26-2)15(13)27-17(19)20/h3-9,17H,10H2,1-2H3. The first-order valence-electron chi connectivity index (χ1n) is 7.67. The predicted molar refractivity (Wildman–Crippen MR) is 86.9 cm³/mol. The Morgan fingerprint density at radius 2 is 1.74 bits per heavy atom. The molecular weight excluding hydrogens is 373 g/mol. The van der Waals surface area contributed by atoms with Gasteiger partial charge >= 0.3 is 12.8 Å². The average molecular weight is 389 g/mol. The predicted octanol–water partition coefficient (Wildman–Crippen LogP) is 4.59. The molecule has 0 spiro atoms. The Kier molecular flexibility index (Phi) is 6.24. The van der Waals surface area contributed by atoms with E-state index in [1.807, 2.05) is 0 Å². The second-order valence-corrected chi connectivity index (χ2v) is 5.57. The first-order valence-corrected chi connectivity index (χ1v) is 7.67. The van der Waals surface area contributed by atoms with Gasteiger partial charge < -0.3 is 14.4 Å². The van der Waals surface area contributed by atoms with Gasteiger partial charge in [-0.3, -0.25) is 4.79 Å². The molecule has 146 valence electrons. The number of halogens is 5. The molecule has 4 nitrogen and oxygen atoms in total. The minimum atomic E-state index is -4.46. The monoisotopic (exact) mass is 389 g/mol. The van der Waals surface area contributed by atoms with Crippen LogP contribution in [0.2, 0.25) is 0 Å². The van der Waals surface area contributed by atoms with Gasteiger partial charge in [0.2, 0.25) is 0 Å². The average Bonchev–Trinajstić information content (AvgIpc) is 2.60. The summed E-state index contributed by atoms with van der Waals surface area (Å²) >= 11 is 0. The molecule has 0 aliphatic heterocycles. The summed E-state index contributed by atoms with van der Waals surface area (Å²) in [5.41, 5.74) is -0.511. The highest BCUT2D eigenvalue weighted by Crippen LogP contribution is 2.33. The van der Waals surface area contributed by atoms with E-state index in [9.17, 15) is 26.7 Å². The number of amides is 1. The first-order chi connectivity index (χ1) is 12.6. The molecule has 0 N–H and O–H groups in total. The number of hydrogen-bond donors (Lipinski definition) is 0. The lowest BCUT2D eigenvalue weighted by molar-refractivity contribution is -0.137. The summed E-state index contributed by atoms with van der Waals surface area (Å²) in [5.74, 6) is -1.09. The lowest BCUT2D eigenvalue weighted by atomic mass is 10.1. The van der Waals surface area contributed by atoms with E-state index in [0.29, 0.717) is 5.56 Å². The van der Waals surface area contributed by atoms with Crippen molar-refractivity contribution in [1.29, 1.82) is 0 Å². The summed E-state index contributed by atoms with van der Waals surface area (Å²) in [6.45, 7) is -3.18. The Labute approximate surface area is 152 Å². The third-order valence-corrected chi connectivity index (χ3v) is 3.68. The fourth-order valence-electron chi connectivity index (χ4n) is 2.41. The van der Waals surface area contributed by atoms with Crippen LogP contribution in [0.1, 0.15) is 21.5 Å². The molecule has 0 aliphatic rings. The van der Waals surface area contributed by atoms with Crippen molar-refractivity contribution in [3.63, 3.8) is 0 Å². The molecule has 0 atom stereocenters. The van der Waals surface area contributed by atoms with Crippen LogP contribution < -0.4 is 9.47 Å². The lowest BCUT2D eigenvalue weighted by Crippen LogP contribution is -2.27. The van der Waals surface area contributed by atoms with Gasteiger partial charge in [0, 0.05) is 13.6 Å². The summed E-state index contributed by atoms with van der Waals surface area (Å²) in [6, 6.07) is 8.41. The largest absolute Gasteiger partial charge is 0.493 e. The molecule has 2 aromatic carbocycles. The van der Waals surface area contributed by atoms with E-state index in [2.05, 4.69) is 4.74 Å². The summed E-state index contributed by atoms with van der Waals surface area (Å²) in [6.07, 6.45) is -4.46. The zero-order chi connectivity index (χ0) is 20.2. The molecule has 0 radical (unpaired) electrons. The number of nitrogens with zero attached hydrogens (tertiary/aromatic N) is 1. The Hall–Kier alpha value is -2.84. The Morgan fingerprint density at radius 1 is 1.11 bits per heavy atom. The normalized spacial score (nSPS) is 11.4. The first kappa shape index (κ1) is 20.5. The smallest absolute Gasteiger partial charge is 0.416 e. The van der Waals surface area contributed by atoms with Gasteiger partial charge in [-0.25, -0.2) is 0 Å². The zero-order valence-corrected chi connectivity index (χ0v) is 14.4. The summed E-state index contributed by atoms with van der Waals surface area (Å²) < 4.78 is 72.5. The number of para-hydroxylation sites is 1. The third kappa shape index (κ3) is 5.08. The van der Waals surface area contributed by atoms with Crippen LogP contribution in [0.25, 0.3) is 0 Å². The highest BCUT2D eigenvalue weighted by molar-refractivity contribution is 5.97. The van der Waals surface area contributed by atoms with Gasteiger partial charge in [-0.1, -0.05) is 18.2 Å². The van der Waals surface area contributed by atoms with Crippen molar-refractivity contribution >= 4 is 5.91 Å². The quantitative estimate of drug-likeness (QED) is 0.679. The van der Waals surface area contributed by atoms with E-state index < -0.39 is 30.0 Å². The number of hydrogen-bond acceptors (Lipinski definition) is 3. The number of benzene rings is 2. The second-order valence-electron chi connectivity index (χ2n) is 5.57. The van der Waals surface area contributed by atoms with Gasteiger partial charge in [-0.15, -0.1) is 0 Å². The van der Waals surface area contributed by atoms with Crippen molar-refractivity contribution in [2.24, 2.45) is 0 Å². The Morgan fingerprint density at radius 3 is 2.26 bits per heavy atom. The van der Waals surface area contributed by atoms with E-state index in [-0.39, 0.29) is 17.9 Å². The van der Waals surface area contributed by atoms with Crippen LogP contribution in [0.15, 0.2) is 42.5 Å². The summed E-state index contributed by atoms with van der Waals surface area (Å²) in [4.78, 5) is 13.8. The van der Waals surface area contributed by atoms with Crippen molar-refractivity contribution in [3.8, 4) is 11.5 Å². The fraction of sp³-hybridized carbons (Fsp3) is 0.278. The molecule has 1 amide bonds. The van der Waals surface area contributed by atoms with Crippen LogP contribution in [0.3, 0.4) is 0 Å². The maximum atomic E-state index is 12.7. The van der Waals surface area contributed by atoms with Crippen LogP contribution >= 0.6 is 0 Å². The second kappa shape index (κ2) is 8.24. The molecule has 0 heterocycles. The molecule has 0 fully saturated rings. The van der Waals surface area contributed by atoms with Gasteiger partial charge in [0.05, 0.1) is 18.2 Å². The molecule has 0 saturated heterocycles. The summed E-state index contributed by atoms with van der Waals surface area (Å²) in [5, 5.41) is 0. The molecule has 9 heteroatoms. The summed E-state index contributed by atoms with van der Waals surface area (Å²) in [7, 11) is 2.64. The van der Waals surface area contributed by atoms with Crippen LogP contribution in [-0.2, 0) is 12.7 Å². The molecule has 2 rings (SSSR count). The molecule has 0 unspecified atom stereocenters. The minimum absolute atomic E-state index is 0.0255. The van der Waals surface area contributed by atoms with Crippen LogP contribution in [0.5, 0.6) is 11.5 Å². The van der Waals surface area contributed by atoms with Gasteiger partial charge in [0.1, 0.15) is 0 Å². The molecule has 0 aromatic heterocycles. The molecule has 0 aliphatic carbocycles. The van der Waals surface area contributed by atoms with Crippen molar-refractivity contribution in [3.05, 3.63) is 59.2 Å². The number of methoxy groups -OCH3 is 1. The van der Waals surface area contributed by atoms with Crippen LogP contribution in [0.4, 0.5) is 22.0 Å². The van der Waals surface area contributed by atoms with E-state index in [1.54, 1.807) is 0 Å². The molecule has 27 heavy (non-hydrogen) atoms. The van der Waals surface area contributed by atoms with Crippen molar-refractivity contribution in [2.45, 2.75) is 19.3 Å². The molecular formula is C18H16F5NO3. The molecule has 0 bridgehead atoms. The maximum Gasteiger partial charge on any atom is 0.416 e. The van der Waals surface area contributed by atoms with Crippen LogP contribution in [0, 0.1) is 0 Å². The van der Waals surface area contributed by atoms with Crippen molar-refractivity contribution in [2.75, 3.05) is 14.2 Å². The van der Waals surface area contributed by atoms with Gasteiger partial charge in [0.25, 0.3) is 5.91 Å². The van der Waals surface area contributed by atoms with Gasteiger partial charge in [0.15, 0.2) is 11.5 Å². The van der Waals surface area contributed by atoms with Crippen molar-refractivity contribution < 1.29 is 36.2 Å². The number of ether oxygens (including phenoxy) is 2. The highest BCUT2D eigenvalue weighted by atomic mass is 19.4. The zero-order valence-electron chi connectivity index (χ0n) is 14.4. The SMILES string of the molecule is COc1cccc(C(=O)N(C)Cc2ccc(C(F)(F)F)cc2)c1OC(F)F. The number of rotatable bonds is 6. The Bertz CT molecular complexity index is 791. The number of carbonyl (C=O) groups is 1. The number of carbonyl (C=O) groups excluding carboxylic acids is 1. The van der Waals surface area contributed by atoms with E-state index in [1.165, 1.54) is 49.4 Å². The maximum absolute atomic E-state index is 12.7. The highest BCUT2D eigenvalue weighted by Gasteiger charge is 2.30. The molecule has 0 saturated carbocycles. The lowest BCUT2D eigenvalue weighted by Gasteiger charge is -2.20. The Balaban J connectivity index is 2.22. The topological polar surface area (TPSA) is 38.8 Å². The van der Waals surface area contributed by atoms with Gasteiger partial charge in [-0.05, 0) is 29.8 Å². The van der Waals surface area contributed by atoms with E-state index >= 15 is 0 Å². The third-order valence-electron chi connectivity index (χ3n) is 3.68. The fourth-order valence-corrected chi connectivity index (χ4v) is 2.41. The van der Waals surface area contributed by atoms with Gasteiger partial charge in [-0.2, -0.15) is 22.0 Å². The minimum Gasteiger partial charge on any atom is -0.493 e. The van der Waals surface area contributed by atoms with E-state index in [4.69, 9.17) is 4.74 Å². The molecule has 2 aromatic rings. The van der Waals surface area contributed by atoms with E-state index in [0.717, 1.165) is 12.1 Å². The number of alkyl halides is 5.